The van der Waals surface area contributed by atoms with E-state index in [0.29, 0.717) is 68.7 Å². The first kappa shape index (κ1) is 43.8. The summed E-state index contributed by atoms with van der Waals surface area (Å²) in [4.78, 5) is 82.6. The van der Waals surface area contributed by atoms with Gasteiger partial charge in [0.2, 0.25) is 11.8 Å². The number of hydrogen-bond donors (Lipinski definition) is 3. The van der Waals surface area contributed by atoms with Gasteiger partial charge < -0.3 is 34.1 Å². The fourth-order valence-corrected chi connectivity index (χ4v) is 8.34. The largest absolute Gasteiger partial charge is 0.493 e. The zero-order chi connectivity index (χ0) is 43.9. The maximum atomic E-state index is 13.9. The molecule has 7 rings (SSSR count). The van der Waals surface area contributed by atoms with Crippen LogP contribution >= 0.6 is 0 Å². The number of aromatic nitrogens is 1. The fourth-order valence-electron chi connectivity index (χ4n) is 8.34. The molecule has 4 heterocycles. The molecule has 0 radical (unpaired) electrons. The third kappa shape index (κ3) is 9.74. The number of amides is 5. The lowest BCUT2D eigenvalue weighted by molar-refractivity contribution is -0.136. The summed E-state index contributed by atoms with van der Waals surface area (Å²) in [5, 5.41) is 5.20. The van der Waals surface area contributed by atoms with Crippen LogP contribution in [0.3, 0.4) is 0 Å². The van der Waals surface area contributed by atoms with Crippen LogP contribution in [0.15, 0.2) is 65.5 Å². The molecular formula is C47H53N5O10. The molecule has 2 saturated heterocycles. The van der Waals surface area contributed by atoms with Crippen molar-refractivity contribution in [3.8, 4) is 22.6 Å². The number of piperidine rings is 1. The lowest BCUT2D eigenvalue weighted by Crippen LogP contribution is -2.54. The lowest BCUT2D eigenvalue weighted by atomic mass is 9.95. The summed E-state index contributed by atoms with van der Waals surface area (Å²) in [5.41, 5.74) is 6.49. The minimum Gasteiger partial charge on any atom is -0.493 e. The number of fused-ring (bicyclic) bond motifs is 1. The Hall–Kier alpha value is -6.32. The van der Waals surface area contributed by atoms with Gasteiger partial charge in [0.25, 0.3) is 23.3 Å². The fraction of sp³-hybridized carbons (Fsp3) is 0.404. The molecule has 0 aliphatic carbocycles. The second kappa shape index (κ2) is 19.6. The Kier molecular flexibility index (Phi) is 13.8. The molecular weight excluding hydrogens is 795 g/mol. The van der Waals surface area contributed by atoms with Crippen LogP contribution in [-0.4, -0.2) is 97.7 Å². The Bertz CT molecular complexity index is 2410. The summed E-state index contributed by atoms with van der Waals surface area (Å²) in [6.45, 7) is 11.5. The van der Waals surface area contributed by atoms with Crippen molar-refractivity contribution in [1.29, 1.82) is 0 Å². The molecule has 3 aliphatic heterocycles. The van der Waals surface area contributed by atoms with Crippen molar-refractivity contribution in [2.75, 3.05) is 51.1 Å². The van der Waals surface area contributed by atoms with E-state index >= 15 is 0 Å². The first-order valence-corrected chi connectivity index (χ1v) is 21.2. The van der Waals surface area contributed by atoms with Gasteiger partial charge in [0.05, 0.1) is 24.3 Å². The van der Waals surface area contributed by atoms with Gasteiger partial charge in [-0.1, -0.05) is 12.1 Å². The zero-order valence-corrected chi connectivity index (χ0v) is 35.6. The number of pyridine rings is 1. The van der Waals surface area contributed by atoms with Gasteiger partial charge in [-0.25, -0.2) is 0 Å². The number of carbonyl (C=O) groups excluding carboxylic acids is 5. The minimum atomic E-state index is -1.03. The summed E-state index contributed by atoms with van der Waals surface area (Å²) in [6, 6.07) is 17.6. The van der Waals surface area contributed by atoms with E-state index in [1.807, 2.05) is 57.2 Å². The van der Waals surface area contributed by atoms with E-state index in [1.165, 1.54) is 12.1 Å². The van der Waals surface area contributed by atoms with Crippen molar-refractivity contribution < 1.29 is 42.9 Å². The van der Waals surface area contributed by atoms with Gasteiger partial charge in [-0.3, -0.25) is 39.0 Å². The molecule has 2 fully saturated rings. The summed E-state index contributed by atoms with van der Waals surface area (Å²) >= 11 is 0. The molecule has 1 unspecified atom stereocenters. The molecule has 0 bridgehead atoms. The number of aryl methyl sites for hydroxylation is 2. The molecule has 15 nitrogen and oxygen atoms in total. The number of aromatic amines is 1. The molecule has 4 aromatic rings. The highest BCUT2D eigenvalue weighted by Crippen LogP contribution is 2.35. The van der Waals surface area contributed by atoms with Crippen LogP contribution in [0.25, 0.3) is 11.1 Å². The number of benzene rings is 3. The minimum absolute atomic E-state index is 0.0538. The van der Waals surface area contributed by atoms with E-state index in [0.717, 1.165) is 57.9 Å². The lowest BCUT2D eigenvalue weighted by Gasteiger charge is -2.37. The molecule has 3 aromatic carbocycles. The highest BCUT2D eigenvalue weighted by atomic mass is 16.5. The molecule has 3 N–H and O–H groups in total. The van der Waals surface area contributed by atoms with Crippen molar-refractivity contribution in [2.45, 2.75) is 78.4 Å². The monoisotopic (exact) mass is 847 g/mol. The van der Waals surface area contributed by atoms with Crippen LogP contribution in [-0.2, 0) is 25.6 Å². The van der Waals surface area contributed by atoms with Crippen LogP contribution < -0.4 is 30.6 Å². The number of nitrogens with zero attached hydrogens (tertiary/aromatic N) is 2. The molecule has 1 aromatic heterocycles. The van der Waals surface area contributed by atoms with Crippen molar-refractivity contribution >= 4 is 35.2 Å². The van der Waals surface area contributed by atoms with Crippen LogP contribution in [0.5, 0.6) is 11.5 Å². The topological polar surface area (TPSA) is 186 Å². The van der Waals surface area contributed by atoms with Crippen LogP contribution in [0.4, 0.5) is 5.69 Å². The van der Waals surface area contributed by atoms with Gasteiger partial charge >= 0.3 is 0 Å². The third-order valence-electron chi connectivity index (χ3n) is 11.6. The van der Waals surface area contributed by atoms with Crippen molar-refractivity contribution in [3.63, 3.8) is 0 Å². The second-order valence-electron chi connectivity index (χ2n) is 15.8. The van der Waals surface area contributed by atoms with Gasteiger partial charge in [0.1, 0.15) is 24.1 Å². The SMILES string of the molecule is CCN(c1cc(-c2ccc(OCCOCCCOc3ccc4c(c3)C(=O)N(C3CCC(=O)NC3=O)C4=O)cc2)cc(C(=O)NCc2c(C)cc(C)[nH]c2=O)c1C)C1CCOCC1. The summed E-state index contributed by atoms with van der Waals surface area (Å²) in [6.07, 6.45) is 2.51. The van der Waals surface area contributed by atoms with Gasteiger partial charge in [-0.05, 0) is 118 Å². The smallest absolute Gasteiger partial charge is 0.262 e. The molecule has 3 aliphatic rings. The molecule has 1 atom stereocenters. The van der Waals surface area contributed by atoms with Crippen molar-refractivity contribution in [1.82, 2.24) is 20.5 Å². The molecule has 326 valence electrons. The Balaban J connectivity index is 0.917. The summed E-state index contributed by atoms with van der Waals surface area (Å²) in [5.74, 6) is -1.40. The number of carbonyl (C=O) groups is 5. The maximum absolute atomic E-state index is 13.9. The highest BCUT2D eigenvalue weighted by molar-refractivity contribution is 6.23. The van der Waals surface area contributed by atoms with E-state index in [2.05, 4.69) is 33.5 Å². The predicted octanol–water partition coefficient (Wildman–Crippen LogP) is 5.17. The normalized spacial score (nSPS) is 16.6. The van der Waals surface area contributed by atoms with Gasteiger partial charge in [-0.2, -0.15) is 0 Å². The third-order valence-corrected chi connectivity index (χ3v) is 11.6. The van der Waals surface area contributed by atoms with E-state index in [4.69, 9.17) is 18.9 Å². The Morgan fingerprint density at radius 3 is 2.27 bits per heavy atom. The Morgan fingerprint density at radius 1 is 0.823 bits per heavy atom. The van der Waals surface area contributed by atoms with E-state index in [-0.39, 0.29) is 48.0 Å². The molecule has 0 spiro atoms. The van der Waals surface area contributed by atoms with Gasteiger partial charge in [0, 0.05) is 74.3 Å². The molecule has 62 heavy (non-hydrogen) atoms. The van der Waals surface area contributed by atoms with Crippen LogP contribution in [0.1, 0.15) is 92.5 Å². The molecule has 0 saturated carbocycles. The molecule has 15 heteroatoms. The Morgan fingerprint density at radius 2 is 1.55 bits per heavy atom. The molecule has 5 amide bonds. The first-order valence-electron chi connectivity index (χ1n) is 21.2. The van der Waals surface area contributed by atoms with Gasteiger partial charge in [-0.15, -0.1) is 0 Å². The number of H-pyrrole nitrogens is 1. The average molecular weight is 848 g/mol. The quantitative estimate of drug-likeness (QED) is 0.0941. The number of imide groups is 2. The van der Waals surface area contributed by atoms with Crippen molar-refractivity contribution in [2.24, 2.45) is 0 Å². The number of anilines is 1. The highest BCUT2D eigenvalue weighted by Gasteiger charge is 2.44. The number of hydrogen-bond acceptors (Lipinski definition) is 11. The average Bonchev–Trinajstić information content (AvgIpc) is 3.50. The number of nitrogens with one attached hydrogen (secondary N) is 3. The Labute approximate surface area is 360 Å². The van der Waals surface area contributed by atoms with Crippen LogP contribution in [0.2, 0.25) is 0 Å². The zero-order valence-electron chi connectivity index (χ0n) is 35.6. The predicted molar refractivity (Wildman–Crippen MR) is 231 cm³/mol. The van der Waals surface area contributed by atoms with E-state index < -0.39 is 29.7 Å². The van der Waals surface area contributed by atoms with Gasteiger partial charge in [0.15, 0.2) is 0 Å². The first-order chi connectivity index (χ1) is 29.9. The van der Waals surface area contributed by atoms with E-state index in [9.17, 15) is 28.8 Å². The second-order valence-corrected chi connectivity index (χ2v) is 15.8. The number of rotatable bonds is 17. The standard InChI is InChI=1S/C47H53N5O10/c1-5-51(33-15-19-60-20-16-33)41-25-32(24-37(30(41)4)43(54)48-27-39-28(2)23-29(3)49-44(39)55)31-7-9-34(10-8-31)62-22-21-59-17-6-18-61-35-11-12-36-38(26-35)47(58)52(46(36)57)40-13-14-42(53)50-45(40)56/h7-12,23-26,33,40H,5-6,13-22,27H2,1-4H3,(H,48,54)(H,49,55)(H,50,53,56). The van der Waals surface area contributed by atoms with Crippen molar-refractivity contribution in [3.05, 3.63) is 110 Å². The van der Waals surface area contributed by atoms with E-state index in [1.54, 1.807) is 6.07 Å². The maximum Gasteiger partial charge on any atom is 0.262 e. The summed E-state index contributed by atoms with van der Waals surface area (Å²) < 4.78 is 23.2. The number of ether oxygens (including phenoxy) is 4. The van der Waals surface area contributed by atoms with Crippen LogP contribution in [0, 0.1) is 20.8 Å². The summed E-state index contributed by atoms with van der Waals surface area (Å²) in [7, 11) is 0.